The second-order valence-electron chi connectivity index (χ2n) is 4.02. The molecule has 6 heteroatoms. The molecular formula is C11H13FN2OS2. The Morgan fingerprint density at radius 3 is 2.94 bits per heavy atom. The maximum atomic E-state index is 13.6. The molecule has 0 aliphatic carbocycles. The standard InChI is InChI=1S/C11H13FN2OS2/c1-7(6-17(2)15)14-9-5-3-4-8(12)10(9)13-11(14)16/h3-5,7H,6H2,1-2H3,(H,13,16). The van der Waals surface area contributed by atoms with Crippen LogP contribution >= 0.6 is 12.2 Å². The molecule has 0 radical (unpaired) electrons. The van der Waals surface area contributed by atoms with Crippen molar-refractivity contribution >= 4 is 34.1 Å². The number of nitrogens with zero attached hydrogens (tertiary/aromatic N) is 1. The average Bonchev–Trinajstić information content (AvgIpc) is 2.55. The van der Waals surface area contributed by atoms with Crippen LogP contribution in [0.4, 0.5) is 4.39 Å². The minimum atomic E-state index is -0.912. The fourth-order valence-corrected chi connectivity index (χ4v) is 3.17. The Morgan fingerprint density at radius 1 is 1.59 bits per heavy atom. The molecule has 0 amide bonds. The number of para-hydroxylation sites is 1. The number of halogens is 1. The Labute approximate surface area is 106 Å². The zero-order valence-corrected chi connectivity index (χ0v) is 11.2. The molecule has 0 bridgehead atoms. The third kappa shape index (κ3) is 2.32. The highest BCUT2D eigenvalue weighted by Crippen LogP contribution is 2.21. The van der Waals surface area contributed by atoms with Crippen LogP contribution < -0.4 is 0 Å². The van der Waals surface area contributed by atoms with Crippen LogP contribution in [0.1, 0.15) is 13.0 Å². The molecule has 2 atom stereocenters. The third-order valence-corrected chi connectivity index (χ3v) is 3.87. The molecule has 17 heavy (non-hydrogen) atoms. The highest BCUT2D eigenvalue weighted by Gasteiger charge is 2.14. The number of imidazole rings is 1. The van der Waals surface area contributed by atoms with Crippen molar-refractivity contribution in [3.63, 3.8) is 0 Å². The summed E-state index contributed by atoms with van der Waals surface area (Å²) < 4.78 is 27.1. The molecule has 1 aromatic carbocycles. The number of hydrogen-bond acceptors (Lipinski definition) is 2. The first-order chi connectivity index (χ1) is 8.00. The van der Waals surface area contributed by atoms with Crippen molar-refractivity contribution in [3.8, 4) is 0 Å². The maximum Gasteiger partial charge on any atom is 0.178 e. The Morgan fingerprint density at radius 2 is 2.29 bits per heavy atom. The zero-order valence-electron chi connectivity index (χ0n) is 9.57. The molecule has 3 nitrogen and oxygen atoms in total. The van der Waals surface area contributed by atoms with Crippen LogP contribution in [0.15, 0.2) is 18.2 Å². The van der Waals surface area contributed by atoms with Crippen molar-refractivity contribution in [3.05, 3.63) is 28.8 Å². The fourth-order valence-electron chi connectivity index (χ4n) is 1.97. The summed E-state index contributed by atoms with van der Waals surface area (Å²) in [6.45, 7) is 1.93. The highest BCUT2D eigenvalue weighted by molar-refractivity contribution is 7.84. The fraction of sp³-hybridized carbons (Fsp3) is 0.364. The van der Waals surface area contributed by atoms with Gasteiger partial charge in [0.15, 0.2) is 4.77 Å². The molecule has 1 heterocycles. The van der Waals surface area contributed by atoms with Crippen molar-refractivity contribution in [1.82, 2.24) is 9.55 Å². The third-order valence-electron chi connectivity index (χ3n) is 2.62. The summed E-state index contributed by atoms with van der Waals surface area (Å²) in [6.07, 6.45) is 1.65. The van der Waals surface area contributed by atoms with E-state index in [2.05, 4.69) is 4.98 Å². The molecule has 0 spiro atoms. The van der Waals surface area contributed by atoms with Crippen molar-refractivity contribution < 1.29 is 8.60 Å². The van der Waals surface area contributed by atoms with Gasteiger partial charge in [-0.3, -0.25) is 4.21 Å². The molecule has 1 aromatic heterocycles. The summed E-state index contributed by atoms with van der Waals surface area (Å²) in [5.74, 6) is 0.176. The monoisotopic (exact) mass is 272 g/mol. The van der Waals surface area contributed by atoms with Crippen LogP contribution in [0.3, 0.4) is 0 Å². The Kier molecular flexibility index (Phi) is 3.44. The predicted octanol–water partition coefficient (Wildman–Crippen LogP) is 2.78. The van der Waals surface area contributed by atoms with Gasteiger partial charge in [0.05, 0.1) is 5.52 Å². The van der Waals surface area contributed by atoms with Gasteiger partial charge in [0.25, 0.3) is 0 Å². The molecule has 2 rings (SSSR count). The molecule has 2 unspecified atom stereocenters. The van der Waals surface area contributed by atoms with E-state index in [1.54, 1.807) is 18.4 Å². The number of rotatable bonds is 3. The van der Waals surface area contributed by atoms with E-state index in [0.29, 0.717) is 21.6 Å². The molecular weight excluding hydrogens is 259 g/mol. The van der Waals surface area contributed by atoms with E-state index in [1.807, 2.05) is 11.5 Å². The molecule has 0 fully saturated rings. The van der Waals surface area contributed by atoms with Gasteiger partial charge in [0.2, 0.25) is 0 Å². The van der Waals surface area contributed by atoms with Crippen LogP contribution in [0, 0.1) is 10.6 Å². The van der Waals surface area contributed by atoms with E-state index in [9.17, 15) is 8.60 Å². The second-order valence-corrected chi connectivity index (χ2v) is 5.89. The number of benzene rings is 1. The quantitative estimate of drug-likeness (QED) is 0.872. The van der Waals surface area contributed by atoms with Gasteiger partial charge in [0, 0.05) is 28.9 Å². The molecule has 92 valence electrons. The van der Waals surface area contributed by atoms with Crippen LogP contribution in [0.5, 0.6) is 0 Å². The van der Waals surface area contributed by atoms with E-state index in [1.165, 1.54) is 6.07 Å². The molecule has 0 saturated heterocycles. The molecule has 0 aliphatic heterocycles. The van der Waals surface area contributed by atoms with Crippen LogP contribution in [0.25, 0.3) is 11.0 Å². The second kappa shape index (κ2) is 4.70. The zero-order chi connectivity index (χ0) is 12.6. The van der Waals surface area contributed by atoms with Crippen molar-refractivity contribution in [2.24, 2.45) is 0 Å². The Bertz CT molecular complexity index is 632. The van der Waals surface area contributed by atoms with Crippen molar-refractivity contribution in [2.45, 2.75) is 13.0 Å². The number of aromatic nitrogens is 2. The van der Waals surface area contributed by atoms with E-state index in [-0.39, 0.29) is 11.9 Å². The lowest BCUT2D eigenvalue weighted by Gasteiger charge is -2.12. The van der Waals surface area contributed by atoms with Gasteiger partial charge in [-0.25, -0.2) is 4.39 Å². The molecule has 2 aromatic rings. The normalized spacial score (nSPS) is 15.0. The van der Waals surface area contributed by atoms with Gasteiger partial charge < -0.3 is 9.55 Å². The summed E-state index contributed by atoms with van der Waals surface area (Å²) in [5.41, 5.74) is 1.12. The molecule has 1 N–H and O–H groups in total. The summed E-state index contributed by atoms with van der Waals surface area (Å²) >= 11 is 5.18. The average molecular weight is 272 g/mol. The number of H-pyrrole nitrogens is 1. The largest absolute Gasteiger partial charge is 0.328 e. The van der Waals surface area contributed by atoms with Gasteiger partial charge in [-0.1, -0.05) is 6.07 Å². The molecule has 0 saturated carbocycles. The van der Waals surface area contributed by atoms with Gasteiger partial charge in [0.1, 0.15) is 11.3 Å². The topological polar surface area (TPSA) is 37.8 Å². The van der Waals surface area contributed by atoms with Gasteiger partial charge in [-0.2, -0.15) is 0 Å². The van der Waals surface area contributed by atoms with Crippen molar-refractivity contribution in [1.29, 1.82) is 0 Å². The highest BCUT2D eigenvalue weighted by atomic mass is 32.2. The number of hydrogen-bond donors (Lipinski definition) is 1. The summed E-state index contributed by atoms with van der Waals surface area (Å²) in [5, 5.41) is 0. The predicted molar refractivity (Wildman–Crippen MR) is 70.7 cm³/mol. The van der Waals surface area contributed by atoms with Crippen molar-refractivity contribution in [2.75, 3.05) is 12.0 Å². The lowest BCUT2D eigenvalue weighted by molar-refractivity contribution is 0.605. The Balaban J connectivity index is 2.61. The number of aromatic amines is 1. The first-order valence-corrected chi connectivity index (χ1v) is 7.33. The van der Waals surface area contributed by atoms with E-state index in [0.717, 1.165) is 0 Å². The van der Waals surface area contributed by atoms with Gasteiger partial charge in [-0.15, -0.1) is 0 Å². The maximum absolute atomic E-state index is 13.6. The van der Waals surface area contributed by atoms with E-state index >= 15 is 0 Å². The smallest absolute Gasteiger partial charge is 0.178 e. The van der Waals surface area contributed by atoms with Crippen LogP contribution in [0.2, 0.25) is 0 Å². The van der Waals surface area contributed by atoms with Crippen LogP contribution in [-0.2, 0) is 10.8 Å². The lowest BCUT2D eigenvalue weighted by Crippen LogP contribution is -2.12. The number of fused-ring (bicyclic) bond motifs is 1. The van der Waals surface area contributed by atoms with E-state index in [4.69, 9.17) is 12.2 Å². The van der Waals surface area contributed by atoms with Crippen LogP contribution in [-0.4, -0.2) is 25.8 Å². The van der Waals surface area contributed by atoms with E-state index < -0.39 is 10.8 Å². The minimum Gasteiger partial charge on any atom is -0.328 e. The lowest BCUT2D eigenvalue weighted by atomic mass is 10.3. The minimum absolute atomic E-state index is 0.0242. The number of nitrogens with one attached hydrogen (secondary N) is 1. The SMILES string of the molecule is CC(CS(C)=O)n1c(=S)[nH]c2c(F)cccc21. The van der Waals surface area contributed by atoms with Gasteiger partial charge >= 0.3 is 0 Å². The first-order valence-electron chi connectivity index (χ1n) is 5.19. The summed E-state index contributed by atoms with van der Waals surface area (Å²) in [4.78, 5) is 2.85. The van der Waals surface area contributed by atoms with Gasteiger partial charge in [-0.05, 0) is 31.3 Å². The summed E-state index contributed by atoms with van der Waals surface area (Å²) in [6, 6.07) is 4.82. The molecule has 0 aliphatic rings. The Hall–Kier alpha value is -1.01. The first kappa shape index (κ1) is 12.4. The summed E-state index contributed by atoms with van der Waals surface area (Å²) in [7, 11) is -0.912.